The summed E-state index contributed by atoms with van der Waals surface area (Å²) >= 11 is 0. The number of aliphatic imine (C=N–C) groups is 1. The monoisotopic (exact) mass is 363 g/mol. The Labute approximate surface area is 162 Å². The number of carbonyl (C=O) groups is 1. The predicted molar refractivity (Wildman–Crippen MR) is 111 cm³/mol. The second-order valence-electron chi connectivity index (χ2n) is 7.01. The number of hydrogen-bond acceptors (Lipinski definition) is 3. The first-order chi connectivity index (χ1) is 13.2. The number of carbonyl (C=O) groups excluding carboxylic acids is 1. The van der Waals surface area contributed by atoms with Gasteiger partial charge in [0.25, 0.3) is 0 Å². The molecule has 27 heavy (non-hydrogen) atoms. The van der Waals surface area contributed by atoms with Crippen LogP contribution in [-0.2, 0) is 11.3 Å². The first kappa shape index (κ1) is 19.2. The van der Waals surface area contributed by atoms with Gasteiger partial charge in [-0.3, -0.25) is 4.79 Å². The lowest BCUT2D eigenvalue weighted by Gasteiger charge is -2.36. The minimum atomic E-state index is -0.209. The summed E-state index contributed by atoms with van der Waals surface area (Å²) < 4.78 is 0. The highest BCUT2D eigenvalue weighted by Gasteiger charge is 2.31. The van der Waals surface area contributed by atoms with E-state index in [9.17, 15) is 4.79 Å². The summed E-state index contributed by atoms with van der Waals surface area (Å²) in [5.74, 6) is 0.992. The average molecular weight is 364 g/mol. The molecule has 1 N–H and O–H groups in total. The van der Waals surface area contributed by atoms with Crippen LogP contribution in [0.25, 0.3) is 0 Å². The normalized spacial score (nSPS) is 14.3. The van der Waals surface area contributed by atoms with Crippen LogP contribution in [-0.4, -0.2) is 29.2 Å². The van der Waals surface area contributed by atoms with E-state index in [1.807, 2.05) is 36.4 Å². The molecule has 1 atom stereocenters. The fourth-order valence-electron chi connectivity index (χ4n) is 3.47. The van der Waals surface area contributed by atoms with E-state index in [1.165, 1.54) is 5.56 Å². The molecule has 0 saturated carbocycles. The van der Waals surface area contributed by atoms with Gasteiger partial charge in [0, 0.05) is 18.7 Å². The number of unbranched alkanes of at least 4 members (excludes halogenated alkanes) is 1. The van der Waals surface area contributed by atoms with E-state index in [0.717, 1.165) is 49.3 Å². The molecule has 3 rings (SSSR count). The Balaban J connectivity index is 1.95. The van der Waals surface area contributed by atoms with Gasteiger partial charge in [-0.25, -0.2) is 4.99 Å². The second kappa shape index (κ2) is 9.36. The van der Waals surface area contributed by atoms with Crippen molar-refractivity contribution in [1.82, 2.24) is 10.2 Å². The SMILES string of the molecule is CCCCNC(=O)C(CCC)N1Cc2ccccc2N=C1c1ccccc1. The first-order valence-electron chi connectivity index (χ1n) is 10.0. The van der Waals surface area contributed by atoms with Crippen molar-refractivity contribution in [3.8, 4) is 0 Å². The third-order valence-corrected chi connectivity index (χ3v) is 4.93. The van der Waals surface area contributed by atoms with Gasteiger partial charge in [0.15, 0.2) is 0 Å². The van der Waals surface area contributed by atoms with Crippen molar-refractivity contribution in [2.45, 2.75) is 52.1 Å². The fraction of sp³-hybridized carbons (Fsp3) is 0.391. The molecule has 2 aromatic rings. The van der Waals surface area contributed by atoms with Gasteiger partial charge in [-0.2, -0.15) is 0 Å². The first-order valence-corrected chi connectivity index (χ1v) is 10.0. The van der Waals surface area contributed by atoms with Gasteiger partial charge in [-0.05, 0) is 24.5 Å². The number of para-hydroxylation sites is 1. The number of hydrogen-bond donors (Lipinski definition) is 1. The van der Waals surface area contributed by atoms with E-state index in [1.54, 1.807) is 0 Å². The molecule has 0 bridgehead atoms. The van der Waals surface area contributed by atoms with Gasteiger partial charge in [0.05, 0.1) is 5.69 Å². The Morgan fingerprint density at radius 3 is 2.56 bits per heavy atom. The molecule has 0 radical (unpaired) electrons. The Morgan fingerprint density at radius 1 is 1.07 bits per heavy atom. The quantitative estimate of drug-likeness (QED) is 0.693. The summed E-state index contributed by atoms with van der Waals surface area (Å²) in [5.41, 5.74) is 3.21. The maximum absolute atomic E-state index is 13.0. The highest BCUT2D eigenvalue weighted by Crippen LogP contribution is 2.30. The highest BCUT2D eigenvalue weighted by molar-refractivity contribution is 6.03. The average Bonchev–Trinajstić information content (AvgIpc) is 2.72. The third-order valence-electron chi connectivity index (χ3n) is 4.93. The van der Waals surface area contributed by atoms with E-state index in [4.69, 9.17) is 4.99 Å². The van der Waals surface area contributed by atoms with Gasteiger partial charge < -0.3 is 10.2 Å². The molecular formula is C23H29N3O. The van der Waals surface area contributed by atoms with Crippen LogP contribution in [0.4, 0.5) is 5.69 Å². The van der Waals surface area contributed by atoms with Gasteiger partial charge in [-0.15, -0.1) is 0 Å². The molecule has 0 aliphatic carbocycles. The van der Waals surface area contributed by atoms with Crippen molar-refractivity contribution in [2.24, 2.45) is 4.99 Å². The van der Waals surface area contributed by atoms with Gasteiger partial charge >= 0.3 is 0 Å². The molecule has 1 amide bonds. The summed E-state index contributed by atoms with van der Waals surface area (Å²) in [6.07, 6.45) is 3.84. The molecule has 4 nitrogen and oxygen atoms in total. The number of fused-ring (bicyclic) bond motifs is 1. The Bertz CT molecular complexity index is 785. The fourth-order valence-corrected chi connectivity index (χ4v) is 3.47. The summed E-state index contributed by atoms with van der Waals surface area (Å²) in [7, 11) is 0. The summed E-state index contributed by atoms with van der Waals surface area (Å²) in [4.78, 5) is 20.1. The van der Waals surface area contributed by atoms with Crippen molar-refractivity contribution in [3.05, 3.63) is 65.7 Å². The maximum Gasteiger partial charge on any atom is 0.242 e. The molecule has 0 fully saturated rings. The molecular weight excluding hydrogens is 334 g/mol. The molecule has 1 aliphatic rings. The van der Waals surface area contributed by atoms with Crippen molar-refractivity contribution in [2.75, 3.05) is 6.54 Å². The standard InChI is InChI=1S/C23H29N3O/c1-3-5-16-24-23(27)21(11-4-2)26-17-19-14-9-10-15-20(19)25-22(26)18-12-7-6-8-13-18/h6-10,12-15,21H,3-5,11,16-17H2,1-2H3,(H,24,27). The zero-order valence-electron chi connectivity index (χ0n) is 16.3. The van der Waals surface area contributed by atoms with Crippen LogP contribution >= 0.6 is 0 Å². The lowest BCUT2D eigenvalue weighted by Crippen LogP contribution is -2.50. The molecule has 2 aromatic carbocycles. The van der Waals surface area contributed by atoms with E-state index < -0.39 is 0 Å². The topological polar surface area (TPSA) is 44.7 Å². The van der Waals surface area contributed by atoms with E-state index in [0.29, 0.717) is 6.54 Å². The number of amidine groups is 1. The number of amides is 1. The van der Waals surface area contributed by atoms with Crippen molar-refractivity contribution < 1.29 is 4.79 Å². The molecule has 1 aliphatic heterocycles. The molecule has 1 unspecified atom stereocenters. The van der Waals surface area contributed by atoms with Gasteiger partial charge in [0.1, 0.15) is 11.9 Å². The molecule has 1 heterocycles. The van der Waals surface area contributed by atoms with Crippen molar-refractivity contribution >= 4 is 17.4 Å². The second-order valence-corrected chi connectivity index (χ2v) is 7.01. The maximum atomic E-state index is 13.0. The van der Waals surface area contributed by atoms with Crippen molar-refractivity contribution in [3.63, 3.8) is 0 Å². The smallest absolute Gasteiger partial charge is 0.242 e. The van der Waals surface area contributed by atoms with E-state index >= 15 is 0 Å². The van der Waals surface area contributed by atoms with Crippen LogP contribution in [0.15, 0.2) is 59.6 Å². The Hall–Kier alpha value is -2.62. The summed E-state index contributed by atoms with van der Waals surface area (Å²) in [5, 5.41) is 3.13. The van der Waals surface area contributed by atoms with Crippen LogP contribution in [0.3, 0.4) is 0 Å². The van der Waals surface area contributed by atoms with Crippen LogP contribution in [0, 0.1) is 0 Å². The van der Waals surface area contributed by atoms with E-state index in [2.05, 4.69) is 42.3 Å². The number of nitrogens with zero attached hydrogens (tertiary/aromatic N) is 2. The summed E-state index contributed by atoms with van der Waals surface area (Å²) in [6.45, 7) is 5.70. The number of nitrogens with one attached hydrogen (secondary N) is 1. The largest absolute Gasteiger partial charge is 0.354 e. The number of benzene rings is 2. The minimum Gasteiger partial charge on any atom is -0.354 e. The van der Waals surface area contributed by atoms with E-state index in [-0.39, 0.29) is 11.9 Å². The molecule has 0 aromatic heterocycles. The van der Waals surface area contributed by atoms with Gasteiger partial charge in [-0.1, -0.05) is 75.2 Å². The van der Waals surface area contributed by atoms with Crippen LogP contribution in [0.1, 0.15) is 50.7 Å². The third kappa shape index (κ3) is 4.57. The Kier molecular flexibility index (Phi) is 6.64. The van der Waals surface area contributed by atoms with Crippen LogP contribution < -0.4 is 5.32 Å². The lowest BCUT2D eigenvalue weighted by molar-refractivity contribution is -0.125. The molecule has 142 valence electrons. The predicted octanol–water partition coefficient (Wildman–Crippen LogP) is 4.67. The molecule has 0 saturated heterocycles. The van der Waals surface area contributed by atoms with Crippen molar-refractivity contribution in [1.29, 1.82) is 0 Å². The van der Waals surface area contributed by atoms with Crippen LogP contribution in [0.5, 0.6) is 0 Å². The minimum absolute atomic E-state index is 0.105. The number of rotatable bonds is 8. The molecule has 4 heteroatoms. The van der Waals surface area contributed by atoms with Gasteiger partial charge in [0.2, 0.25) is 5.91 Å². The summed E-state index contributed by atoms with van der Waals surface area (Å²) in [6, 6.07) is 18.2. The zero-order chi connectivity index (χ0) is 19.1. The van der Waals surface area contributed by atoms with Crippen LogP contribution in [0.2, 0.25) is 0 Å². The Morgan fingerprint density at radius 2 is 1.81 bits per heavy atom. The lowest BCUT2D eigenvalue weighted by atomic mass is 10.0. The zero-order valence-corrected chi connectivity index (χ0v) is 16.3. The molecule has 0 spiro atoms. The highest BCUT2D eigenvalue weighted by atomic mass is 16.2.